The van der Waals surface area contributed by atoms with E-state index in [2.05, 4.69) is 20.6 Å². The van der Waals surface area contributed by atoms with Gasteiger partial charge >= 0.3 is 5.97 Å². The van der Waals surface area contributed by atoms with Crippen LogP contribution in [0.15, 0.2) is 58.5 Å². The first-order valence-corrected chi connectivity index (χ1v) is 10.0. The van der Waals surface area contributed by atoms with Crippen LogP contribution in [0, 0.1) is 0 Å². The highest BCUT2D eigenvalue weighted by molar-refractivity contribution is 5.97. The minimum atomic E-state index is -0.850. The van der Waals surface area contributed by atoms with Crippen LogP contribution in [0.5, 0.6) is 0 Å². The quantitative estimate of drug-likeness (QED) is 0.233. The Morgan fingerprint density at radius 3 is 1.85 bits per heavy atom. The van der Waals surface area contributed by atoms with Crippen LogP contribution in [0.4, 0.5) is 11.4 Å². The molecule has 10 nitrogen and oxygen atoms in total. The minimum Gasteiger partial charge on any atom is -0.467 e. The van der Waals surface area contributed by atoms with Gasteiger partial charge in [-0.1, -0.05) is 0 Å². The van der Waals surface area contributed by atoms with E-state index in [-0.39, 0.29) is 5.91 Å². The lowest BCUT2D eigenvalue weighted by Gasteiger charge is -2.16. The molecule has 2 rings (SSSR count). The number of carbonyl (C=O) groups excluding carboxylic acids is 5. The highest BCUT2D eigenvalue weighted by Gasteiger charge is 2.21. The fourth-order valence-corrected chi connectivity index (χ4v) is 2.89. The molecule has 0 fully saturated rings. The predicted octanol–water partition coefficient (Wildman–Crippen LogP) is 2.49. The molecule has 0 heterocycles. The number of carbonyl (C=O) groups is 3. The van der Waals surface area contributed by atoms with Gasteiger partial charge in [0.1, 0.15) is 6.04 Å². The molecule has 0 aliphatic heterocycles. The van der Waals surface area contributed by atoms with Gasteiger partial charge in [0, 0.05) is 17.7 Å². The van der Waals surface area contributed by atoms with E-state index in [9.17, 15) is 24.0 Å². The maximum Gasteiger partial charge on any atom is 0.328 e. The number of amides is 2. The molecule has 0 aliphatic carbocycles. The van der Waals surface area contributed by atoms with Gasteiger partial charge in [-0.15, -0.1) is 0 Å². The van der Waals surface area contributed by atoms with Gasteiger partial charge in [-0.2, -0.15) is 9.98 Å². The summed E-state index contributed by atoms with van der Waals surface area (Å²) in [5.41, 5.74) is 1.48. The minimum absolute atomic E-state index is 0.281. The summed E-state index contributed by atoms with van der Waals surface area (Å²) in [5, 5.41) is 5.39. The Morgan fingerprint density at radius 2 is 1.36 bits per heavy atom. The third-order valence-corrected chi connectivity index (χ3v) is 4.60. The molecular weight excluding hydrogens is 428 g/mol. The molecule has 1 unspecified atom stereocenters. The maximum atomic E-state index is 12.4. The Morgan fingerprint density at radius 1 is 0.848 bits per heavy atom. The molecule has 2 N–H and O–H groups in total. The van der Waals surface area contributed by atoms with Crippen LogP contribution in [0.2, 0.25) is 0 Å². The number of aliphatic imine (C=N–C) groups is 2. The average Bonchev–Trinajstić information content (AvgIpc) is 2.83. The zero-order valence-corrected chi connectivity index (χ0v) is 17.9. The Bertz CT molecular complexity index is 1070. The summed E-state index contributed by atoms with van der Waals surface area (Å²) in [6.07, 6.45) is 4.28. The van der Waals surface area contributed by atoms with Crippen LogP contribution in [0.25, 0.3) is 0 Å². The number of isocyanates is 2. The van der Waals surface area contributed by atoms with Gasteiger partial charge in [0.25, 0.3) is 11.8 Å². The van der Waals surface area contributed by atoms with Crippen LogP contribution in [-0.2, 0) is 19.1 Å². The van der Waals surface area contributed by atoms with E-state index in [0.717, 1.165) is 0 Å². The smallest absolute Gasteiger partial charge is 0.328 e. The molecule has 0 radical (unpaired) electrons. The number of hydrogen-bond donors (Lipinski definition) is 2. The van der Waals surface area contributed by atoms with Crippen molar-refractivity contribution in [2.24, 2.45) is 9.98 Å². The van der Waals surface area contributed by atoms with E-state index in [1.807, 2.05) is 0 Å². The van der Waals surface area contributed by atoms with Crippen LogP contribution in [0.3, 0.4) is 0 Å². The summed E-state index contributed by atoms with van der Waals surface area (Å²) in [6.45, 7) is 0.369. The number of esters is 1. The number of nitrogens with one attached hydrogen (secondary N) is 2. The lowest BCUT2D eigenvalue weighted by atomic mass is 10.1. The number of rotatable bonds is 11. The lowest BCUT2D eigenvalue weighted by Crippen LogP contribution is -2.41. The zero-order chi connectivity index (χ0) is 24.1. The van der Waals surface area contributed by atoms with Crippen molar-refractivity contribution in [3.05, 3.63) is 59.7 Å². The molecule has 0 saturated carbocycles. The van der Waals surface area contributed by atoms with Crippen LogP contribution >= 0.6 is 0 Å². The zero-order valence-electron chi connectivity index (χ0n) is 17.9. The molecule has 0 aromatic heterocycles. The second-order valence-electron chi connectivity index (χ2n) is 6.80. The molecule has 1 atom stereocenters. The summed E-state index contributed by atoms with van der Waals surface area (Å²) < 4.78 is 4.77. The fraction of sp³-hybridized carbons (Fsp3) is 0.261. The molecule has 10 heteroatoms. The van der Waals surface area contributed by atoms with Crippen LogP contribution in [-0.4, -0.2) is 49.6 Å². The molecule has 0 bridgehead atoms. The van der Waals surface area contributed by atoms with Gasteiger partial charge < -0.3 is 15.4 Å². The number of methoxy groups -OCH3 is 1. The van der Waals surface area contributed by atoms with Gasteiger partial charge in [0.15, 0.2) is 0 Å². The molecule has 170 valence electrons. The topological polar surface area (TPSA) is 143 Å². The number of unbranched alkanes of at least 4 members (excludes halogenated alkanes) is 1. The summed E-state index contributed by atoms with van der Waals surface area (Å²) in [7, 11) is 1.24. The second-order valence-corrected chi connectivity index (χ2v) is 6.80. The largest absolute Gasteiger partial charge is 0.467 e. The predicted molar refractivity (Wildman–Crippen MR) is 118 cm³/mol. The van der Waals surface area contributed by atoms with Gasteiger partial charge in [-0.3, -0.25) is 9.59 Å². The highest BCUT2D eigenvalue weighted by atomic mass is 16.5. The molecule has 0 aliphatic rings. The Balaban J connectivity index is 1.82. The van der Waals surface area contributed by atoms with E-state index in [4.69, 9.17) is 4.74 Å². The monoisotopic (exact) mass is 450 g/mol. The van der Waals surface area contributed by atoms with Crippen molar-refractivity contribution < 1.29 is 28.7 Å². The maximum absolute atomic E-state index is 12.4. The van der Waals surface area contributed by atoms with Gasteiger partial charge in [-0.05, 0) is 67.8 Å². The van der Waals surface area contributed by atoms with Gasteiger partial charge in [0.2, 0.25) is 12.2 Å². The van der Waals surface area contributed by atoms with E-state index in [1.165, 1.54) is 55.7 Å². The summed E-state index contributed by atoms with van der Waals surface area (Å²) >= 11 is 0. The third-order valence-electron chi connectivity index (χ3n) is 4.60. The molecule has 33 heavy (non-hydrogen) atoms. The van der Waals surface area contributed by atoms with Crippen molar-refractivity contribution >= 4 is 41.3 Å². The van der Waals surface area contributed by atoms with Crippen molar-refractivity contribution in [2.45, 2.75) is 25.3 Å². The molecular formula is C23H22N4O6. The molecule has 2 aromatic carbocycles. The highest BCUT2D eigenvalue weighted by Crippen LogP contribution is 2.14. The Kier molecular flexibility index (Phi) is 9.89. The second kappa shape index (κ2) is 13.1. The number of nitrogens with zero attached hydrogens (tertiary/aromatic N) is 2. The van der Waals surface area contributed by atoms with Crippen LogP contribution < -0.4 is 10.6 Å². The van der Waals surface area contributed by atoms with E-state index in [0.29, 0.717) is 48.3 Å². The first-order chi connectivity index (χ1) is 16.0. The van der Waals surface area contributed by atoms with Crippen molar-refractivity contribution in [2.75, 3.05) is 13.7 Å². The van der Waals surface area contributed by atoms with E-state index >= 15 is 0 Å². The molecule has 2 aromatic rings. The number of hydrogen-bond acceptors (Lipinski definition) is 8. The molecule has 0 spiro atoms. The number of ether oxygens (including phenoxy) is 1. The summed E-state index contributed by atoms with van der Waals surface area (Å²) in [6, 6.07) is 11.2. The Hall–Kier alpha value is -4.39. The first-order valence-electron chi connectivity index (χ1n) is 10.0. The first kappa shape index (κ1) is 24.9. The van der Waals surface area contributed by atoms with Crippen molar-refractivity contribution in [1.82, 2.24) is 10.6 Å². The number of benzene rings is 2. The van der Waals surface area contributed by atoms with Crippen molar-refractivity contribution in [3.8, 4) is 0 Å². The third kappa shape index (κ3) is 7.99. The molecule has 2 amide bonds. The molecule has 0 saturated heterocycles. The lowest BCUT2D eigenvalue weighted by molar-refractivity contribution is -0.143. The van der Waals surface area contributed by atoms with E-state index in [1.54, 1.807) is 12.1 Å². The van der Waals surface area contributed by atoms with Crippen molar-refractivity contribution in [1.29, 1.82) is 0 Å². The fourth-order valence-electron chi connectivity index (χ4n) is 2.89. The van der Waals surface area contributed by atoms with Gasteiger partial charge in [0.05, 0.1) is 18.5 Å². The van der Waals surface area contributed by atoms with Crippen molar-refractivity contribution in [3.63, 3.8) is 0 Å². The van der Waals surface area contributed by atoms with Gasteiger partial charge in [-0.25, -0.2) is 14.4 Å². The summed E-state index contributed by atoms with van der Waals surface area (Å²) in [4.78, 5) is 64.1. The average molecular weight is 450 g/mol. The normalized spacial score (nSPS) is 10.7. The Labute approximate surface area is 189 Å². The SMILES string of the molecule is COC(=O)C(CCCCNC(=O)c1ccc(N=C=O)cc1)NC(=O)c1ccc(N=C=O)cc1. The standard InChI is InChI=1S/C23H22N4O6/c1-33-23(32)20(27-22(31)17-7-11-19(12-8-17)26-15-29)4-2-3-13-24-21(30)16-5-9-18(10-6-16)25-14-28/h5-12,20H,2-4,13H2,1H3,(H,24,30)(H,27,31). The van der Waals surface area contributed by atoms with E-state index < -0.39 is 17.9 Å². The van der Waals surface area contributed by atoms with Crippen LogP contribution in [0.1, 0.15) is 40.0 Å². The summed E-state index contributed by atoms with van der Waals surface area (Å²) in [5.74, 6) is -1.33.